The normalized spacial score (nSPS) is 10.7. The summed E-state index contributed by atoms with van der Waals surface area (Å²) < 4.78 is 13.8. The fourth-order valence-corrected chi connectivity index (χ4v) is 1.67. The quantitative estimate of drug-likeness (QED) is 0.574. The molecule has 0 fully saturated rings. The fraction of sp³-hybridized carbons (Fsp3) is 0.200. The molecule has 0 N–H and O–H groups in total. The molecule has 15 heavy (non-hydrogen) atoms. The molecule has 0 unspecified atom stereocenters. The summed E-state index contributed by atoms with van der Waals surface area (Å²) in [6.45, 7) is -0.385. The van der Waals surface area contributed by atoms with Crippen LogP contribution in [0.5, 0.6) is 0 Å². The average molecular weight is 208 g/mol. The largest absolute Gasteiger partial charge is 0.339 e. The third-order valence-electron chi connectivity index (χ3n) is 2.29. The zero-order chi connectivity index (χ0) is 10.8. The molecule has 2 aromatic rings. The van der Waals surface area contributed by atoms with Crippen LogP contribution < -0.4 is 0 Å². The van der Waals surface area contributed by atoms with Crippen molar-refractivity contribution in [3.05, 3.63) is 40.6 Å². The van der Waals surface area contributed by atoms with Gasteiger partial charge in [-0.1, -0.05) is 12.1 Å². The highest BCUT2D eigenvalue weighted by atomic mass is 19.1. The highest BCUT2D eigenvalue weighted by molar-refractivity contribution is 5.88. The Hall–Kier alpha value is -1.91. The first-order valence-electron chi connectivity index (χ1n) is 4.52. The lowest BCUT2D eigenvalue weighted by atomic mass is 10.2. The van der Waals surface area contributed by atoms with Crippen LogP contribution in [0, 0.1) is 10.1 Å². The zero-order valence-corrected chi connectivity index (χ0v) is 7.89. The van der Waals surface area contributed by atoms with Gasteiger partial charge in [-0.2, -0.15) is 0 Å². The first kappa shape index (κ1) is 9.64. The van der Waals surface area contributed by atoms with E-state index in [1.807, 2.05) is 0 Å². The van der Waals surface area contributed by atoms with Gasteiger partial charge in [-0.25, -0.2) is 4.39 Å². The summed E-state index contributed by atoms with van der Waals surface area (Å²) in [5.41, 5.74) is 0.506. The van der Waals surface area contributed by atoms with Gasteiger partial charge < -0.3 is 4.57 Å². The maximum atomic E-state index is 12.2. The lowest BCUT2D eigenvalue weighted by Crippen LogP contribution is -2.00. The Labute approximate surface area is 85.1 Å². The molecule has 0 bridgehead atoms. The number of benzene rings is 1. The van der Waals surface area contributed by atoms with E-state index in [-0.39, 0.29) is 12.2 Å². The van der Waals surface area contributed by atoms with Gasteiger partial charge in [-0.05, 0) is 6.07 Å². The van der Waals surface area contributed by atoms with Crippen LogP contribution in [0.3, 0.4) is 0 Å². The van der Waals surface area contributed by atoms with Crippen molar-refractivity contribution in [2.75, 3.05) is 6.67 Å². The fourth-order valence-electron chi connectivity index (χ4n) is 1.67. The van der Waals surface area contributed by atoms with E-state index >= 15 is 0 Å². The third kappa shape index (κ3) is 1.56. The molecule has 5 heteroatoms. The van der Waals surface area contributed by atoms with Gasteiger partial charge in [0.2, 0.25) is 0 Å². The minimum absolute atomic E-state index is 0.0194. The number of nitro benzene ring substituents is 1. The number of hydrogen-bond acceptors (Lipinski definition) is 2. The minimum Gasteiger partial charge on any atom is -0.339 e. The number of alkyl halides is 1. The number of fused-ring (bicyclic) bond motifs is 1. The highest BCUT2D eigenvalue weighted by Gasteiger charge is 2.14. The second-order valence-corrected chi connectivity index (χ2v) is 3.17. The predicted octanol–water partition coefficient (Wildman–Crippen LogP) is 2.52. The summed E-state index contributed by atoms with van der Waals surface area (Å²) in [6, 6.07) is 6.58. The van der Waals surface area contributed by atoms with E-state index in [9.17, 15) is 14.5 Å². The van der Waals surface area contributed by atoms with Crippen LogP contribution in [-0.4, -0.2) is 16.2 Å². The van der Waals surface area contributed by atoms with Gasteiger partial charge in [0, 0.05) is 17.6 Å². The molecule has 0 amide bonds. The van der Waals surface area contributed by atoms with Gasteiger partial charge in [0.05, 0.1) is 11.5 Å². The molecule has 0 aliphatic carbocycles. The average Bonchev–Trinajstić information content (AvgIpc) is 2.62. The van der Waals surface area contributed by atoms with E-state index < -0.39 is 11.6 Å². The monoisotopic (exact) mass is 208 g/mol. The molecule has 78 valence electrons. The van der Waals surface area contributed by atoms with Gasteiger partial charge in [0.25, 0.3) is 5.69 Å². The van der Waals surface area contributed by atoms with Crippen LogP contribution in [-0.2, 0) is 6.54 Å². The lowest BCUT2D eigenvalue weighted by Gasteiger charge is -2.01. The van der Waals surface area contributed by atoms with E-state index in [2.05, 4.69) is 0 Å². The molecule has 0 radical (unpaired) electrons. The van der Waals surface area contributed by atoms with E-state index in [4.69, 9.17) is 0 Å². The molecule has 1 aromatic heterocycles. The number of para-hydroxylation sites is 1. The van der Waals surface area contributed by atoms with E-state index in [0.717, 1.165) is 5.39 Å². The topological polar surface area (TPSA) is 48.1 Å². The Morgan fingerprint density at radius 3 is 2.87 bits per heavy atom. The summed E-state index contributed by atoms with van der Waals surface area (Å²) >= 11 is 0. The first-order chi connectivity index (χ1) is 7.24. The van der Waals surface area contributed by atoms with Crippen molar-refractivity contribution >= 4 is 16.6 Å². The molecule has 0 aliphatic heterocycles. The summed E-state index contributed by atoms with van der Waals surface area (Å²) in [6.07, 6.45) is 1.66. The molecule has 1 heterocycles. The van der Waals surface area contributed by atoms with Crippen LogP contribution in [0.15, 0.2) is 30.5 Å². The number of aryl methyl sites for hydroxylation is 1. The summed E-state index contributed by atoms with van der Waals surface area (Å²) in [5.74, 6) is 0. The molecule has 2 rings (SSSR count). The van der Waals surface area contributed by atoms with Crippen LogP contribution in [0.2, 0.25) is 0 Å². The molecule has 0 atom stereocenters. The van der Waals surface area contributed by atoms with Crippen LogP contribution >= 0.6 is 0 Å². The number of rotatable bonds is 3. The standard InChI is InChI=1S/C10H9FN2O2/c11-5-7-12-6-4-8-2-1-3-9(10(8)12)13(14)15/h1-4,6H,5,7H2. The maximum absolute atomic E-state index is 12.2. The maximum Gasteiger partial charge on any atom is 0.293 e. The summed E-state index contributed by atoms with van der Waals surface area (Å²) in [4.78, 5) is 10.3. The molecular formula is C10H9FN2O2. The third-order valence-corrected chi connectivity index (χ3v) is 2.29. The summed E-state index contributed by atoms with van der Waals surface area (Å²) in [7, 11) is 0. The van der Waals surface area contributed by atoms with E-state index in [1.54, 1.807) is 29.0 Å². The number of nitrogens with zero attached hydrogens (tertiary/aromatic N) is 2. The second-order valence-electron chi connectivity index (χ2n) is 3.17. The number of hydrogen-bond donors (Lipinski definition) is 0. The van der Waals surface area contributed by atoms with E-state index in [0.29, 0.717) is 5.52 Å². The van der Waals surface area contributed by atoms with Crippen molar-refractivity contribution in [2.24, 2.45) is 0 Å². The van der Waals surface area contributed by atoms with Crippen LogP contribution in [0.25, 0.3) is 10.9 Å². The van der Waals surface area contributed by atoms with Crippen molar-refractivity contribution in [3.63, 3.8) is 0 Å². The van der Waals surface area contributed by atoms with Crippen molar-refractivity contribution in [3.8, 4) is 0 Å². The second kappa shape index (κ2) is 3.68. The van der Waals surface area contributed by atoms with Crippen molar-refractivity contribution in [2.45, 2.75) is 6.54 Å². The molecule has 1 aromatic carbocycles. The Morgan fingerprint density at radius 2 is 2.20 bits per heavy atom. The minimum atomic E-state index is -0.532. The Kier molecular flexibility index (Phi) is 2.37. The van der Waals surface area contributed by atoms with Gasteiger partial charge in [0.15, 0.2) is 0 Å². The summed E-state index contributed by atoms with van der Waals surface area (Å²) in [5, 5.41) is 11.5. The molecular weight excluding hydrogens is 199 g/mol. The number of non-ortho nitro benzene ring substituents is 1. The Morgan fingerprint density at radius 1 is 1.40 bits per heavy atom. The molecule has 0 spiro atoms. The highest BCUT2D eigenvalue weighted by Crippen LogP contribution is 2.26. The predicted molar refractivity (Wildman–Crippen MR) is 54.6 cm³/mol. The molecule has 0 saturated carbocycles. The zero-order valence-electron chi connectivity index (χ0n) is 7.89. The van der Waals surface area contributed by atoms with Crippen molar-refractivity contribution in [1.82, 2.24) is 4.57 Å². The van der Waals surface area contributed by atoms with Crippen molar-refractivity contribution in [1.29, 1.82) is 0 Å². The van der Waals surface area contributed by atoms with Crippen LogP contribution in [0.4, 0.5) is 10.1 Å². The smallest absolute Gasteiger partial charge is 0.293 e. The first-order valence-corrected chi connectivity index (χ1v) is 4.52. The van der Waals surface area contributed by atoms with Crippen molar-refractivity contribution < 1.29 is 9.31 Å². The SMILES string of the molecule is O=[N+]([O-])c1cccc2ccn(CCF)c12. The number of nitro groups is 1. The van der Waals surface area contributed by atoms with Gasteiger partial charge in [0.1, 0.15) is 12.2 Å². The molecule has 0 aliphatic rings. The molecule has 0 saturated heterocycles. The Bertz CT molecular complexity index is 507. The van der Waals surface area contributed by atoms with Gasteiger partial charge in [-0.3, -0.25) is 10.1 Å². The Balaban J connectivity index is 2.69. The van der Waals surface area contributed by atoms with Gasteiger partial charge in [-0.15, -0.1) is 0 Å². The van der Waals surface area contributed by atoms with Crippen LogP contribution in [0.1, 0.15) is 0 Å². The molecule has 4 nitrogen and oxygen atoms in total. The number of aromatic nitrogens is 1. The number of halogens is 1. The lowest BCUT2D eigenvalue weighted by molar-refractivity contribution is -0.383. The van der Waals surface area contributed by atoms with Gasteiger partial charge >= 0.3 is 0 Å². The van der Waals surface area contributed by atoms with E-state index in [1.165, 1.54) is 6.07 Å².